The molecule has 1 aliphatic heterocycles. The first kappa shape index (κ1) is 16.9. The lowest BCUT2D eigenvalue weighted by Gasteiger charge is -2.19. The molecule has 1 aliphatic rings. The maximum absolute atomic E-state index is 12.1. The molecule has 0 saturated heterocycles. The number of amides is 2. The van der Waals surface area contributed by atoms with Gasteiger partial charge in [0.1, 0.15) is 5.92 Å². The molecule has 1 aromatic rings. The second-order valence-corrected chi connectivity index (χ2v) is 6.50. The van der Waals surface area contributed by atoms with Crippen LogP contribution in [0.25, 0.3) is 0 Å². The summed E-state index contributed by atoms with van der Waals surface area (Å²) in [4.78, 5) is 31.2. The highest BCUT2D eigenvalue weighted by molar-refractivity contribution is 9.10. The van der Waals surface area contributed by atoms with Crippen molar-refractivity contribution in [1.29, 1.82) is 0 Å². The third-order valence-corrected chi connectivity index (χ3v) is 4.59. The van der Waals surface area contributed by atoms with Crippen LogP contribution in [-0.2, 0) is 15.3 Å². The topological polar surface area (TPSA) is 68.1 Å². The van der Waals surface area contributed by atoms with Gasteiger partial charge < -0.3 is 4.74 Å². The normalized spacial score (nSPS) is 17.8. The van der Waals surface area contributed by atoms with Gasteiger partial charge in [0.05, 0.1) is 11.7 Å². The van der Waals surface area contributed by atoms with Crippen LogP contribution in [0, 0.1) is 5.92 Å². The van der Waals surface area contributed by atoms with Crippen LogP contribution < -0.4 is 0 Å². The Morgan fingerprint density at radius 1 is 1.32 bits per heavy atom. The van der Waals surface area contributed by atoms with Gasteiger partial charge in [-0.3, -0.25) is 4.79 Å². The summed E-state index contributed by atoms with van der Waals surface area (Å²) in [7, 11) is 0. The number of thioether (sulfide) groups is 1. The third kappa shape index (κ3) is 4.27. The van der Waals surface area contributed by atoms with E-state index in [4.69, 9.17) is 4.74 Å². The zero-order chi connectivity index (χ0) is 16.1. The van der Waals surface area contributed by atoms with E-state index < -0.39 is 17.9 Å². The molecule has 2 amide bonds. The molecular formula is C15H15BrN2O3S. The Balaban J connectivity index is 2.13. The van der Waals surface area contributed by atoms with E-state index in [2.05, 4.69) is 25.9 Å². The lowest BCUT2D eigenvalue weighted by Crippen LogP contribution is -2.34. The monoisotopic (exact) mass is 382 g/mol. The molecule has 116 valence electrons. The average Bonchev–Trinajstić information content (AvgIpc) is 2.46. The quantitative estimate of drug-likeness (QED) is 0.741. The van der Waals surface area contributed by atoms with Gasteiger partial charge in [0.25, 0.3) is 0 Å². The van der Waals surface area contributed by atoms with Gasteiger partial charge in [0.15, 0.2) is 0 Å². The third-order valence-electron chi connectivity index (χ3n) is 2.96. The van der Waals surface area contributed by atoms with Crippen LogP contribution in [0.3, 0.4) is 0 Å². The molecule has 0 N–H and O–H groups in total. The standard InChI is InChI=1S/C15H15BrN2O3S/c1-3-21-14(19)12-9(2)17-15(20)18-13(12)22-8-10-4-6-11(16)7-5-10/h4-7,12H,3,8H2,1-2H3. The van der Waals surface area contributed by atoms with E-state index in [9.17, 15) is 9.59 Å². The highest BCUT2D eigenvalue weighted by Gasteiger charge is 2.33. The predicted octanol–water partition coefficient (Wildman–Crippen LogP) is 3.85. The molecule has 2 rings (SSSR count). The molecule has 7 heteroatoms. The predicted molar refractivity (Wildman–Crippen MR) is 91.5 cm³/mol. The average molecular weight is 383 g/mol. The van der Waals surface area contributed by atoms with Gasteiger partial charge in [-0.25, -0.2) is 4.79 Å². The molecule has 22 heavy (non-hydrogen) atoms. The number of carbonyl (C=O) groups is 2. The molecule has 0 bridgehead atoms. The van der Waals surface area contributed by atoms with Gasteiger partial charge in [-0.05, 0) is 31.5 Å². The molecule has 0 spiro atoms. The lowest BCUT2D eigenvalue weighted by atomic mass is 10.1. The first-order valence-corrected chi connectivity index (χ1v) is 8.50. The molecule has 0 saturated carbocycles. The summed E-state index contributed by atoms with van der Waals surface area (Å²) in [6.45, 7) is 3.67. The number of hydrogen-bond acceptors (Lipinski definition) is 4. The molecular weight excluding hydrogens is 368 g/mol. The van der Waals surface area contributed by atoms with Crippen molar-refractivity contribution >= 4 is 50.4 Å². The first-order valence-electron chi connectivity index (χ1n) is 6.73. The van der Waals surface area contributed by atoms with Crippen LogP contribution in [0.1, 0.15) is 19.4 Å². The molecule has 0 radical (unpaired) electrons. The highest BCUT2D eigenvalue weighted by Crippen LogP contribution is 2.25. The maximum Gasteiger partial charge on any atom is 0.367 e. The van der Waals surface area contributed by atoms with Gasteiger partial charge in [-0.1, -0.05) is 28.1 Å². The minimum absolute atomic E-state index is 0.279. The second kappa shape index (κ2) is 7.69. The van der Waals surface area contributed by atoms with E-state index in [1.165, 1.54) is 11.8 Å². The van der Waals surface area contributed by atoms with Crippen molar-refractivity contribution in [3.05, 3.63) is 34.3 Å². The van der Waals surface area contributed by atoms with E-state index in [1.807, 2.05) is 24.3 Å². The SMILES string of the molecule is CCOC(=O)C1C(C)=NC(=O)N=C1SCc1ccc(Br)cc1. The fourth-order valence-electron chi connectivity index (χ4n) is 1.93. The number of urea groups is 1. The van der Waals surface area contributed by atoms with Crippen LogP contribution in [0.4, 0.5) is 4.79 Å². The van der Waals surface area contributed by atoms with E-state index >= 15 is 0 Å². The minimum atomic E-state index is -0.682. The van der Waals surface area contributed by atoms with E-state index in [-0.39, 0.29) is 6.61 Å². The second-order valence-electron chi connectivity index (χ2n) is 4.59. The number of carbonyl (C=O) groups excluding carboxylic acids is 2. The maximum atomic E-state index is 12.1. The van der Waals surface area contributed by atoms with E-state index in [0.29, 0.717) is 16.5 Å². The fraction of sp³-hybridized carbons (Fsp3) is 0.333. The number of halogens is 1. The summed E-state index contributed by atoms with van der Waals surface area (Å²) >= 11 is 4.74. The molecule has 0 aliphatic carbocycles. The number of esters is 1. The molecule has 1 heterocycles. The zero-order valence-electron chi connectivity index (χ0n) is 12.2. The summed E-state index contributed by atoms with van der Waals surface area (Å²) in [6.07, 6.45) is 0. The number of ether oxygens (including phenoxy) is 1. The number of hydrogen-bond donors (Lipinski definition) is 0. The van der Waals surface area contributed by atoms with Crippen molar-refractivity contribution in [3.63, 3.8) is 0 Å². The van der Waals surface area contributed by atoms with Gasteiger partial charge in [-0.2, -0.15) is 9.98 Å². The number of aliphatic imine (C=N–C) groups is 2. The Labute approximate surface area is 141 Å². The molecule has 1 unspecified atom stereocenters. The smallest absolute Gasteiger partial charge is 0.367 e. The van der Waals surface area contributed by atoms with Crippen molar-refractivity contribution in [1.82, 2.24) is 0 Å². The van der Waals surface area contributed by atoms with Gasteiger partial charge in [0.2, 0.25) is 0 Å². The Morgan fingerprint density at radius 3 is 2.64 bits per heavy atom. The summed E-state index contributed by atoms with van der Waals surface area (Å²) in [5, 5.41) is 0.443. The molecule has 5 nitrogen and oxygen atoms in total. The fourth-order valence-corrected chi connectivity index (χ4v) is 3.28. The number of benzene rings is 1. The summed E-state index contributed by atoms with van der Waals surface area (Å²) in [5.74, 6) is -0.487. The van der Waals surface area contributed by atoms with Gasteiger partial charge >= 0.3 is 12.0 Å². The van der Waals surface area contributed by atoms with Crippen LogP contribution in [0.15, 0.2) is 38.7 Å². The Morgan fingerprint density at radius 2 is 2.00 bits per heavy atom. The van der Waals surface area contributed by atoms with Crippen molar-refractivity contribution in [2.24, 2.45) is 15.9 Å². The molecule has 1 aromatic carbocycles. The van der Waals surface area contributed by atoms with Crippen LogP contribution in [0.5, 0.6) is 0 Å². The Kier molecular flexibility index (Phi) is 5.90. The number of rotatable bonds is 4. The minimum Gasteiger partial charge on any atom is -0.465 e. The Hall–Kier alpha value is -1.47. The zero-order valence-corrected chi connectivity index (χ0v) is 14.6. The van der Waals surface area contributed by atoms with Crippen LogP contribution in [0.2, 0.25) is 0 Å². The van der Waals surface area contributed by atoms with Gasteiger partial charge in [0, 0.05) is 15.9 Å². The van der Waals surface area contributed by atoms with Crippen LogP contribution in [-0.4, -0.2) is 29.4 Å². The van der Waals surface area contributed by atoms with Gasteiger partial charge in [-0.15, -0.1) is 11.8 Å². The first-order chi connectivity index (χ1) is 10.5. The lowest BCUT2D eigenvalue weighted by molar-refractivity contribution is -0.143. The molecule has 0 fully saturated rings. The van der Waals surface area contributed by atoms with Crippen LogP contribution >= 0.6 is 27.7 Å². The van der Waals surface area contributed by atoms with Crippen molar-refractivity contribution in [3.8, 4) is 0 Å². The van der Waals surface area contributed by atoms with E-state index in [1.54, 1.807) is 13.8 Å². The summed E-state index contributed by atoms with van der Waals surface area (Å²) < 4.78 is 6.05. The Bertz CT molecular complexity index is 641. The van der Waals surface area contributed by atoms with Crippen molar-refractivity contribution < 1.29 is 14.3 Å². The van der Waals surface area contributed by atoms with Crippen molar-refractivity contribution in [2.75, 3.05) is 6.61 Å². The number of nitrogens with zero attached hydrogens (tertiary/aromatic N) is 2. The highest BCUT2D eigenvalue weighted by atomic mass is 79.9. The molecule has 1 atom stereocenters. The van der Waals surface area contributed by atoms with Crippen molar-refractivity contribution in [2.45, 2.75) is 19.6 Å². The summed E-state index contributed by atoms with van der Waals surface area (Å²) in [6, 6.07) is 7.26. The summed E-state index contributed by atoms with van der Waals surface area (Å²) in [5.41, 5.74) is 1.50. The largest absolute Gasteiger partial charge is 0.465 e. The van der Waals surface area contributed by atoms with E-state index in [0.717, 1.165) is 10.0 Å². The molecule has 0 aromatic heterocycles.